The van der Waals surface area contributed by atoms with Crippen LogP contribution in [0.3, 0.4) is 0 Å². The molecule has 0 saturated carbocycles. The van der Waals surface area contributed by atoms with Gasteiger partial charge in [0, 0.05) is 16.4 Å². The molecule has 1 N–H and O–H groups in total. The Balaban J connectivity index is 2.37. The van der Waals surface area contributed by atoms with Crippen molar-refractivity contribution in [2.75, 3.05) is 5.32 Å². The summed E-state index contributed by atoms with van der Waals surface area (Å²) in [5.74, 6) is -1.45. The number of rotatable bonds is 2. The van der Waals surface area contributed by atoms with Gasteiger partial charge in [-0.15, -0.1) is 0 Å². The predicted octanol–water partition coefficient (Wildman–Crippen LogP) is 3.74. The highest BCUT2D eigenvalue weighted by Gasteiger charge is 2.10. The lowest BCUT2D eigenvalue weighted by Crippen LogP contribution is -1.98. The Hall–Kier alpha value is -2.00. The molecule has 1 aromatic heterocycles. The number of anilines is 2. The quantitative estimate of drug-likeness (QED) is 0.919. The summed E-state index contributed by atoms with van der Waals surface area (Å²) < 4.78 is 27.4. The van der Waals surface area contributed by atoms with Gasteiger partial charge in [-0.05, 0) is 24.3 Å². The number of nitriles is 1. The molecule has 0 unspecified atom stereocenters. The van der Waals surface area contributed by atoms with Crippen molar-refractivity contribution in [2.45, 2.75) is 0 Å². The highest BCUT2D eigenvalue weighted by Crippen LogP contribution is 2.26. The van der Waals surface area contributed by atoms with E-state index in [4.69, 9.17) is 5.26 Å². The van der Waals surface area contributed by atoms with Crippen molar-refractivity contribution >= 4 is 27.3 Å². The van der Waals surface area contributed by atoms with Gasteiger partial charge in [0.1, 0.15) is 17.5 Å². The van der Waals surface area contributed by atoms with Gasteiger partial charge >= 0.3 is 0 Å². The lowest BCUT2D eigenvalue weighted by atomic mass is 10.2. The van der Waals surface area contributed by atoms with E-state index in [9.17, 15) is 8.78 Å². The second-order valence-electron chi connectivity index (χ2n) is 3.41. The molecule has 6 heteroatoms. The van der Waals surface area contributed by atoms with Gasteiger partial charge in [-0.2, -0.15) is 5.26 Å². The number of hydrogen-bond acceptors (Lipinski definition) is 3. The third-order valence-corrected chi connectivity index (χ3v) is 2.61. The van der Waals surface area contributed by atoms with Gasteiger partial charge in [0.15, 0.2) is 11.6 Å². The van der Waals surface area contributed by atoms with E-state index in [-0.39, 0.29) is 11.4 Å². The summed E-state index contributed by atoms with van der Waals surface area (Å²) in [6.07, 6.45) is 1.38. The molecular weight excluding hydrogens is 304 g/mol. The average molecular weight is 310 g/mol. The number of pyridine rings is 1. The molecule has 0 saturated heterocycles. The van der Waals surface area contributed by atoms with Crippen molar-refractivity contribution in [3.05, 3.63) is 52.3 Å². The molecule has 1 heterocycles. The van der Waals surface area contributed by atoms with Gasteiger partial charge in [-0.25, -0.2) is 13.8 Å². The maximum atomic E-state index is 13.6. The molecule has 0 spiro atoms. The van der Waals surface area contributed by atoms with Crippen molar-refractivity contribution in [1.29, 1.82) is 5.26 Å². The minimum atomic E-state index is -0.725. The van der Waals surface area contributed by atoms with Crippen LogP contribution >= 0.6 is 15.9 Å². The first-order valence-electron chi connectivity index (χ1n) is 4.88. The summed E-state index contributed by atoms with van der Waals surface area (Å²) in [7, 11) is 0. The minimum absolute atomic E-state index is 0.165. The highest BCUT2D eigenvalue weighted by atomic mass is 79.9. The number of nitrogens with one attached hydrogen (secondary N) is 1. The average Bonchev–Trinajstić information content (AvgIpc) is 2.34. The molecule has 0 radical (unpaired) electrons. The summed E-state index contributed by atoms with van der Waals surface area (Å²) in [6, 6.07) is 7.07. The smallest absolute Gasteiger partial charge is 0.150 e. The van der Waals surface area contributed by atoms with Gasteiger partial charge in [-0.3, -0.25) is 0 Å². The third-order valence-electron chi connectivity index (χ3n) is 2.15. The topological polar surface area (TPSA) is 48.7 Å². The number of benzene rings is 1. The van der Waals surface area contributed by atoms with E-state index in [1.165, 1.54) is 18.3 Å². The van der Waals surface area contributed by atoms with E-state index in [1.54, 1.807) is 0 Å². The number of aromatic nitrogens is 1. The molecule has 0 aliphatic heterocycles. The minimum Gasteiger partial charge on any atom is -0.351 e. The summed E-state index contributed by atoms with van der Waals surface area (Å²) >= 11 is 2.99. The first kappa shape index (κ1) is 12.5. The Kier molecular flexibility index (Phi) is 3.53. The third kappa shape index (κ3) is 2.63. The van der Waals surface area contributed by atoms with Gasteiger partial charge < -0.3 is 5.32 Å². The Morgan fingerprint density at radius 1 is 1.22 bits per heavy atom. The molecule has 0 atom stereocenters. The van der Waals surface area contributed by atoms with Crippen molar-refractivity contribution < 1.29 is 8.78 Å². The number of hydrogen-bond donors (Lipinski definition) is 1. The zero-order valence-corrected chi connectivity index (χ0v) is 10.5. The fourth-order valence-electron chi connectivity index (χ4n) is 1.38. The van der Waals surface area contributed by atoms with Gasteiger partial charge in [0.2, 0.25) is 0 Å². The van der Waals surface area contributed by atoms with Crippen LogP contribution in [0.5, 0.6) is 0 Å². The first-order valence-corrected chi connectivity index (χ1v) is 5.67. The van der Waals surface area contributed by atoms with Crippen molar-refractivity contribution in [1.82, 2.24) is 4.98 Å². The lowest BCUT2D eigenvalue weighted by molar-refractivity contribution is 0.589. The normalized spacial score (nSPS) is 9.89. The predicted molar refractivity (Wildman–Crippen MR) is 66.3 cm³/mol. The summed E-state index contributed by atoms with van der Waals surface area (Å²) in [4.78, 5) is 3.76. The largest absolute Gasteiger partial charge is 0.351 e. The Labute approximate surface area is 110 Å². The second kappa shape index (κ2) is 5.10. The molecule has 0 aliphatic carbocycles. The van der Waals surface area contributed by atoms with Crippen LogP contribution in [-0.2, 0) is 0 Å². The molecule has 0 amide bonds. The maximum Gasteiger partial charge on any atom is 0.150 e. The lowest BCUT2D eigenvalue weighted by Gasteiger charge is -2.09. The monoisotopic (exact) mass is 309 g/mol. The second-order valence-corrected chi connectivity index (χ2v) is 4.33. The number of halogens is 3. The van der Waals surface area contributed by atoms with Crippen LogP contribution in [-0.4, -0.2) is 4.98 Å². The van der Waals surface area contributed by atoms with E-state index in [2.05, 4.69) is 26.2 Å². The van der Waals surface area contributed by atoms with Gasteiger partial charge in [0.05, 0.1) is 0 Å². The SMILES string of the molecule is N#Cc1cc(Nc2c(F)cc(Br)cc2F)ccn1. The van der Waals surface area contributed by atoms with E-state index < -0.39 is 11.6 Å². The molecule has 0 aliphatic rings. The van der Waals surface area contributed by atoms with Gasteiger partial charge in [-0.1, -0.05) is 15.9 Å². The molecule has 0 bridgehead atoms. The van der Waals surface area contributed by atoms with Crippen molar-refractivity contribution in [2.24, 2.45) is 0 Å². The van der Waals surface area contributed by atoms with E-state index in [0.717, 1.165) is 12.1 Å². The summed E-state index contributed by atoms with van der Waals surface area (Å²) in [6.45, 7) is 0. The molecule has 18 heavy (non-hydrogen) atoms. The summed E-state index contributed by atoms with van der Waals surface area (Å²) in [5.41, 5.74) is 0.285. The van der Waals surface area contributed by atoms with Crippen LogP contribution < -0.4 is 5.32 Å². The van der Waals surface area contributed by atoms with Gasteiger partial charge in [0.25, 0.3) is 0 Å². The molecule has 0 fully saturated rings. The van der Waals surface area contributed by atoms with Crippen molar-refractivity contribution in [3.63, 3.8) is 0 Å². The fraction of sp³-hybridized carbons (Fsp3) is 0. The van der Waals surface area contributed by atoms with E-state index in [1.807, 2.05) is 6.07 Å². The van der Waals surface area contributed by atoms with Crippen LogP contribution in [0.25, 0.3) is 0 Å². The number of nitrogens with zero attached hydrogens (tertiary/aromatic N) is 2. The van der Waals surface area contributed by atoms with Crippen LogP contribution in [0.2, 0.25) is 0 Å². The maximum absolute atomic E-state index is 13.6. The highest BCUT2D eigenvalue weighted by molar-refractivity contribution is 9.10. The van der Waals surface area contributed by atoms with Crippen molar-refractivity contribution in [3.8, 4) is 6.07 Å². The standard InChI is InChI=1S/C12H6BrF2N3/c13-7-3-10(14)12(11(15)4-7)18-8-1-2-17-9(5-8)6-16/h1-5H,(H,17,18). The molecule has 3 nitrogen and oxygen atoms in total. The first-order chi connectivity index (χ1) is 8.60. The molecule has 2 rings (SSSR count). The summed E-state index contributed by atoms with van der Waals surface area (Å²) in [5, 5.41) is 11.3. The zero-order valence-electron chi connectivity index (χ0n) is 8.92. The van der Waals surface area contributed by atoms with E-state index in [0.29, 0.717) is 10.2 Å². The fourth-order valence-corrected chi connectivity index (χ4v) is 1.78. The van der Waals surface area contributed by atoms with Crippen LogP contribution in [0.1, 0.15) is 5.69 Å². The Morgan fingerprint density at radius 2 is 1.89 bits per heavy atom. The van der Waals surface area contributed by atoms with Crippen LogP contribution in [0.4, 0.5) is 20.2 Å². The zero-order chi connectivity index (χ0) is 13.1. The Bertz CT molecular complexity index is 614. The molecular formula is C12H6BrF2N3. The molecule has 2 aromatic rings. The van der Waals surface area contributed by atoms with Crippen LogP contribution in [0.15, 0.2) is 34.9 Å². The molecule has 90 valence electrons. The van der Waals surface area contributed by atoms with E-state index >= 15 is 0 Å². The Morgan fingerprint density at radius 3 is 2.50 bits per heavy atom. The van der Waals surface area contributed by atoms with Crippen LogP contribution in [0, 0.1) is 23.0 Å². The molecule has 1 aromatic carbocycles.